The third-order valence-electron chi connectivity index (χ3n) is 5.77. The Morgan fingerprint density at radius 2 is 1.58 bits per heavy atom. The summed E-state index contributed by atoms with van der Waals surface area (Å²) in [5.41, 5.74) is 6.65. The highest BCUT2D eigenvalue weighted by atomic mass is 35.5. The molecule has 0 heterocycles. The van der Waals surface area contributed by atoms with Gasteiger partial charge in [-0.15, -0.1) is 12.4 Å². The van der Waals surface area contributed by atoms with Crippen molar-refractivity contribution < 1.29 is 0 Å². The minimum absolute atomic E-state index is 0. The van der Waals surface area contributed by atoms with E-state index in [0.717, 1.165) is 19.0 Å². The number of fused-ring (bicyclic) bond motifs is 8. The second-order valence-corrected chi connectivity index (χ2v) is 7.71. The van der Waals surface area contributed by atoms with Crippen molar-refractivity contribution in [2.75, 3.05) is 13.1 Å². The third-order valence-corrected chi connectivity index (χ3v) is 5.77. The van der Waals surface area contributed by atoms with Crippen molar-refractivity contribution in [3.63, 3.8) is 0 Å². The predicted molar refractivity (Wildman–Crippen MR) is 104 cm³/mol. The number of hydrogen-bond acceptors (Lipinski definition) is 1. The molecule has 0 unspecified atom stereocenters. The van der Waals surface area contributed by atoms with Crippen LogP contribution < -0.4 is 5.32 Å². The monoisotopic (exact) mass is 341 g/mol. The lowest BCUT2D eigenvalue weighted by Crippen LogP contribution is -2.27. The zero-order chi connectivity index (χ0) is 15.9. The Morgan fingerprint density at radius 1 is 1.00 bits per heavy atom. The molecule has 2 aromatic carbocycles. The van der Waals surface area contributed by atoms with Gasteiger partial charge in [0.25, 0.3) is 0 Å². The van der Waals surface area contributed by atoms with Crippen molar-refractivity contribution in [2.45, 2.75) is 44.4 Å². The van der Waals surface area contributed by atoms with Gasteiger partial charge in [0.15, 0.2) is 0 Å². The summed E-state index contributed by atoms with van der Waals surface area (Å²) in [6.07, 6.45) is 3.81. The maximum absolute atomic E-state index is 3.61. The molecule has 0 saturated carbocycles. The standard InChI is InChI=1S/C22H27N.ClH/c1-16(2)15-23-13-7-12-22-14-19(17-8-3-5-10-20(17)22)18-9-4-6-11-21(18)22;/h3-6,8-11,16,19,23H,7,12-15H2,1-2H3;1H. The molecule has 0 fully saturated rings. The molecule has 1 N–H and O–H groups in total. The lowest BCUT2D eigenvalue weighted by molar-refractivity contribution is 0.448. The minimum atomic E-state index is 0. The molecule has 0 atom stereocenters. The lowest BCUT2D eigenvalue weighted by Gasteiger charge is -2.31. The number of benzene rings is 2. The van der Waals surface area contributed by atoms with Crippen molar-refractivity contribution in [2.24, 2.45) is 5.92 Å². The first-order chi connectivity index (χ1) is 11.2. The Kier molecular flexibility index (Phi) is 5.03. The van der Waals surface area contributed by atoms with Gasteiger partial charge in [0, 0.05) is 11.3 Å². The van der Waals surface area contributed by atoms with E-state index >= 15 is 0 Å². The molecular weight excluding hydrogens is 314 g/mol. The second kappa shape index (κ2) is 6.90. The molecule has 0 saturated heterocycles. The maximum atomic E-state index is 3.61. The molecule has 0 aromatic heterocycles. The van der Waals surface area contributed by atoms with Crippen LogP contribution in [0, 0.1) is 5.92 Å². The quantitative estimate of drug-likeness (QED) is 0.706. The molecule has 0 amide bonds. The van der Waals surface area contributed by atoms with Crippen LogP contribution in [-0.4, -0.2) is 13.1 Å². The Bertz CT molecular complexity index is 659. The first-order valence-corrected chi connectivity index (χ1v) is 9.12. The number of halogens is 1. The molecular formula is C22H28ClN. The summed E-state index contributed by atoms with van der Waals surface area (Å²) in [7, 11) is 0. The van der Waals surface area contributed by atoms with E-state index in [4.69, 9.17) is 0 Å². The van der Waals surface area contributed by atoms with Crippen LogP contribution in [0.15, 0.2) is 48.5 Å². The summed E-state index contributed by atoms with van der Waals surface area (Å²) in [6, 6.07) is 18.3. The molecule has 2 heteroatoms. The Balaban J connectivity index is 0.00000169. The smallest absolute Gasteiger partial charge is 0.0218 e. The first kappa shape index (κ1) is 17.5. The normalized spacial score (nSPS) is 23.0. The molecule has 0 aliphatic heterocycles. The minimum Gasteiger partial charge on any atom is -0.316 e. The molecule has 0 radical (unpaired) electrons. The topological polar surface area (TPSA) is 12.0 Å². The highest BCUT2D eigenvalue weighted by Gasteiger charge is 2.51. The third kappa shape index (κ3) is 2.68. The van der Waals surface area contributed by atoms with Crippen molar-refractivity contribution in [3.05, 3.63) is 70.8 Å². The van der Waals surface area contributed by atoms with Gasteiger partial charge in [-0.3, -0.25) is 0 Å². The van der Waals surface area contributed by atoms with Crippen molar-refractivity contribution in [1.29, 1.82) is 0 Å². The van der Waals surface area contributed by atoms with E-state index in [0.29, 0.717) is 5.92 Å². The SMILES string of the molecule is CC(C)CNCCCC12CC(c3ccccc31)c1ccccc12.Cl. The van der Waals surface area contributed by atoms with Crippen LogP contribution in [-0.2, 0) is 5.41 Å². The van der Waals surface area contributed by atoms with Crippen molar-refractivity contribution in [3.8, 4) is 0 Å². The summed E-state index contributed by atoms with van der Waals surface area (Å²) in [6.45, 7) is 6.81. The highest BCUT2D eigenvalue weighted by molar-refractivity contribution is 5.85. The number of nitrogens with one attached hydrogen (secondary N) is 1. The van der Waals surface area contributed by atoms with E-state index in [1.54, 1.807) is 22.3 Å². The van der Waals surface area contributed by atoms with Crippen LogP contribution in [0.1, 0.15) is 61.3 Å². The van der Waals surface area contributed by atoms with Crippen molar-refractivity contribution >= 4 is 12.4 Å². The maximum Gasteiger partial charge on any atom is 0.0218 e. The Labute approximate surface area is 152 Å². The van der Waals surface area contributed by atoms with Crippen molar-refractivity contribution in [1.82, 2.24) is 5.32 Å². The van der Waals surface area contributed by atoms with Gasteiger partial charge in [0.2, 0.25) is 0 Å². The van der Waals surface area contributed by atoms with E-state index in [9.17, 15) is 0 Å². The van der Waals surface area contributed by atoms with Crippen LogP contribution in [0.4, 0.5) is 0 Å². The Morgan fingerprint density at radius 3 is 2.17 bits per heavy atom. The summed E-state index contributed by atoms with van der Waals surface area (Å²) < 4.78 is 0. The van der Waals surface area contributed by atoms with Gasteiger partial charge in [0.05, 0.1) is 0 Å². The molecule has 2 bridgehead atoms. The molecule has 0 spiro atoms. The van der Waals surface area contributed by atoms with Gasteiger partial charge in [-0.2, -0.15) is 0 Å². The van der Waals surface area contributed by atoms with Gasteiger partial charge in [-0.1, -0.05) is 62.4 Å². The van der Waals surface area contributed by atoms with Crippen LogP contribution in [0.3, 0.4) is 0 Å². The van der Waals surface area contributed by atoms with E-state index in [1.165, 1.54) is 19.3 Å². The summed E-state index contributed by atoms with van der Waals surface area (Å²) in [5, 5.41) is 3.61. The number of rotatable bonds is 6. The van der Waals surface area contributed by atoms with Gasteiger partial charge in [0.1, 0.15) is 0 Å². The number of hydrogen-bond donors (Lipinski definition) is 1. The molecule has 24 heavy (non-hydrogen) atoms. The summed E-state index contributed by atoms with van der Waals surface area (Å²) in [4.78, 5) is 0. The fraction of sp³-hybridized carbons (Fsp3) is 0.455. The van der Waals surface area contributed by atoms with Crippen LogP contribution >= 0.6 is 12.4 Å². The second-order valence-electron chi connectivity index (χ2n) is 7.71. The van der Waals surface area contributed by atoms with Crippen LogP contribution in [0.2, 0.25) is 0 Å². The first-order valence-electron chi connectivity index (χ1n) is 9.12. The van der Waals surface area contributed by atoms with Crippen LogP contribution in [0.5, 0.6) is 0 Å². The molecule has 2 aliphatic carbocycles. The van der Waals surface area contributed by atoms with Crippen LogP contribution in [0.25, 0.3) is 0 Å². The lowest BCUT2D eigenvalue weighted by atomic mass is 9.72. The molecule has 2 aromatic rings. The molecule has 2 aliphatic rings. The average molecular weight is 342 g/mol. The summed E-state index contributed by atoms with van der Waals surface area (Å²) in [5.74, 6) is 1.36. The largest absolute Gasteiger partial charge is 0.316 e. The molecule has 1 nitrogen and oxygen atoms in total. The van der Waals surface area contributed by atoms with Gasteiger partial charge in [-0.05, 0) is 60.5 Å². The zero-order valence-corrected chi connectivity index (χ0v) is 15.5. The average Bonchev–Trinajstić information content (AvgIpc) is 3.07. The van der Waals surface area contributed by atoms with E-state index in [-0.39, 0.29) is 17.8 Å². The zero-order valence-electron chi connectivity index (χ0n) is 14.7. The van der Waals surface area contributed by atoms with E-state index < -0.39 is 0 Å². The Hall–Kier alpha value is -1.31. The van der Waals surface area contributed by atoms with Gasteiger partial charge >= 0.3 is 0 Å². The van der Waals surface area contributed by atoms with E-state index in [1.807, 2.05) is 0 Å². The van der Waals surface area contributed by atoms with Gasteiger partial charge < -0.3 is 5.32 Å². The molecule has 128 valence electrons. The van der Waals surface area contributed by atoms with Gasteiger partial charge in [-0.25, -0.2) is 0 Å². The molecule has 4 rings (SSSR count). The summed E-state index contributed by atoms with van der Waals surface area (Å²) >= 11 is 0. The van der Waals surface area contributed by atoms with E-state index in [2.05, 4.69) is 67.7 Å². The fourth-order valence-electron chi connectivity index (χ4n) is 4.85. The highest BCUT2D eigenvalue weighted by Crippen LogP contribution is 2.61. The predicted octanol–water partition coefficient (Wildman–Crippen LogP) is 5.27. The fourth-order valence-corrected chi connectivity index (χ4v) is 4.85.